The quantitative estimate of drug-likeness (QED) is 0.778. The smallest absolute Gasteiger partial charge is 0.251 e. The Bertz CT molecular complexity index is 661. The number of aromatic amines is 1. The van der Waals surface area contributed by atoms with Crippen LogP contribution >= 0.6 is 0 Å². The molecule has 2 heterocycles. The van der Waals surface area contributed by atoms with Crippen molar-refractivity contribution in [3.05, 3.63) is 30.0 Å². The van der Waals surface area contributed by atoms with E-state index in [1.54, 1.807) is 18.3 Å². The van der Waals surface area contributed by atoms with Crippen molar-refractivity contribution in [2.45, 2.75) is 25.9 Å². The summed E-state index contributed by atoms with van der Waals surface area (Å²) >= 11 is 0. The van der Waals surface area contributed by atoms with E-state index < -0.39 is 6.10 Å². The first-order chi connectivity index (χ1) is 11.1. The minimum Gasteiger partial charge on any atom is -0.390 e. The van der Waals surface area contributed by atoms with Gasteiger partial charge in [0.2, 0.25) is 0 Å². The van der Waals surface area contributed by atoms with Crippen LogP contribution in [0.3, 0.4) is 0 Å². The zero-order valence-electron chi connectivity index (χ0n) is 13.5. The molecule has 1 aliphatic rings. The number of hydrogen-bond acceptors (Lipinski definition) is 4. The Morgan fingerprint density at radius 1 is 1.48 bits per heavy atom. The molecule has 124 valence electrons. The van der Waals surface area contributed by atoms with E-state index in [-0.39, 0.29) is 12.5 Å². The molecule has 1 atom stereocenters. The third-order valence-electron chi connectivity index (χ3n) is 4.55. The maximum absolute atomic E-state index is 12.2. The number of aliphatic hydroxyl groups is 1. The van der Waals surface area contributed by atoms with Crippen molar-refractivity contribution in [2.75, 3.05) is 26.2 Å². The largest absolute Gasteiger partial charge is 0.390 e. The van der Waals surface area contributed by atoms with Gasteiger partial charge in [0.1, 0.15) is 0 Å². The summed E-state index contributed by atoms with van der Waals surface area (Å²) < 4.78 is 0. The molecule has 0 radical (unpaired) electrons. The molecule has 1 unspecified atom stereocenters. The van der Waals surface area contributed by atoms with E-state index in [4.69, 9.17) is 0 Å². The van der Waals surface area contributed by atoms with Crippen LogP contribution in [0.2, 0.25) is 0 Å². The van der Waals surface area contributed by atoms with Crippen molar-refractivity contribution in [1.82, 2.24) is 20.4 Å². The number of carbonyl (C=O) groups excluding carboxylic acids is 1. The molecular formula is C17H24N4O2. The fourth-order valence-corrected chi connectivity index (χ4v) is 3.00. The molecule has 23 heavy (non-hydrogen) atoms. The number of hydrogen-bond donors (Lipinski definition) is 3. The zero-order chi connectivity index (χ0) is 16.2. The van der Waals surface area contributed by atoms with Crippen molar-refractivity contribution in [3.8, 4) is 0 Å². The number of H-pyrrole nitrogens is 1. The van der Waals surface area contributed by atoms with Crippen molar-refractivity contribution in [3.63, 3.8) is 0 Å². The SMILES string of the molecule is CC1CCN(CC(O)CNC(=O)c2ccc3[nH]ncc3c2)CC1. The molecular weight excluding hydrogens is 292 g/mol. The molecule has 1 aromatic carbocycles. The molecule has 0 spiro atoms. The van der Waals surface area contributed by atoms with Gasteiger partial charge in [-0.1, -0.05) is 6.92 Å². The third kappa shape index (κ3) is 4.09. The fraction of sp³-hybridized carbons (Fsp3) is 0.529. The first-order valence-electron chi connectivity index (χ1n) is 8.23. The Hall–Kier alpha value is -1.92. The number of fused-ring (bicyclic) bond motifs is 1. The molecule has 2 aromatic rings. The van der Waals surface area contributed by atoms with Crippen LogP contribution in [0.25, 0.3) is 10.9 Å². The van der Waals surface area contributed by atoms with E-state index in [2.05, 4.69) is 27.3 Å². The number of aromatic nitrogens is 2. The molecule has 3 rings (SSSR count). The maximum Gasteiger partial charge on any atom is 0.251 e. The molecule has 3 N–H and O–H groups in total. The van der Waals surface area contributed by atoms with Crippen molar-refractivity contribution in [2.24, 2.45) is 5.92 Å². The molecule has 0 aliphatic carbocycles. The van der Waals surface area contributed by atoms with E-state index in [0.717, 1.165) is 29.9 Å². The van der Waals surface area contributed by atoms with Crippen molar-refractivity contribution in [1.29, 1.82) is 0 Å². The highest BCUT2D eigenvalue weighted by Crippen LogP contribution is 2.16. The summed E-state index contributed by atoms with van der Waals surface area (Å²) in [5.41, 5.74) is 1.49. The number of rotatable bonds is 5. The van der Waals surface area contributed by atoms with Crippen molar-refractivity contribution >= 4 is 16.8 Å². The highest BCUT2D eigenvalue weighted by molar-refractivity contribution is 5.97. The van der Waals surface area contributed by atoms with E-state index in [9.17, 15) is 9.90 Å². The Labute approximate surface area is 135 Å². The molecule has 1 fully saturated rings. The normalized spacial score (nSPS) is 18.2. The second-order valence-electron chi connectivity index (χ2n) is 6.52. The van der Waals surface area contributed by atoms with Crippen LogP contribution in [-0.4, -0.2) is 58.4 Å². The molecule has 1 aromatic heterocycles. The summed E-state index contributed by atoms with van der Waals surface area (Å²) in [7, 11) is 0. The van der Waals surface area contributed by atoms with Gasteiger partial charge in [0.25, 0.3) is 5.91 Å². The van der Waals surface area contributed by atoms with Gasteiger partial charge in [0, 0.05) is 24.0 Å². The van der Waals surface area contributed by atoms with E-state index in [1.807, 2.05) is 6.07 Å². The number of carbonyl (C=O) groups is 1. The van der Waals surface area contributed by atoms with Crippen LogP contribution < -0.4 is 5.32 Å². The molecule has 6 heteroatoms. The second-order valence-corrected chi connectivity index (χ2v) is 6.52. The summed E-state index contributed by atoms with van der Waals surface area (Å²) in [6.45, 7) is 5.22. The fourth-order valence-electron chi connectivity index (χ4n) is 3.00. The minimum atomic E-state index is -0.537. The number of benzene rings is 1. The monoisotopic (exact) mass is 316 g/mol. The number of likely N-dealkylation sites (tertiary alicyclic amines) is 1. The standard InChI is InChI=1S/C17H24N4O2/c1-12-4-6-21(7-5-12)11-15(22)10-18-17(23)13-2-3-16-14(8-13)9-19-20-16/h2-3,8-9,12,15,22H,4-7,10-11H2,1H3,(H,18,23)(H,19,20). The van der Waals surface area contributed by atoms with Gasteiger partial charge in [-0.3, -0.25) is 9.89 Å². The molecule has 1 aliphatic heterocycles. The summed E-state index contributed by atoms with van der Waals surface area (Å²) in [6.07, 6.45) is 3.52. The lowest BCUT2D eigenvalue weighted by atomic mass is 9.99. The van der Waals surface area contributed by atoms with Crippen LogP contribution in [0.5, 0.6) is 0 Å². The summed E-state index contributed by atoms with van der Waals surface area (Å²) in [6, 6.07) is 5.39. The van der Waals surface area contributed by atoms with E-state index >= 15 is 0 Å². The first-order valence-corrected chi connectivity index (χ1v) is 8.23. The first kappa shape index (κ1) is 16.0. The summed E-state index contributed by atoms with van der Waals surface area (Å²) in [5.74, 6) is 0.611. The lowest BCUT2D eigenvalue weighted by Crippen LogP contribution is -2.43. The average Bonchev–Trinajstić information content (AvgIpc) is 3.02. The second kappa shape index (κ2) is 7.10. The van der Waals surface area contributed by atoms with Gasteiger partial charge >= 0.3 is 0 Å². The lowest BCUT2D eigenvalue weighted by Gasteiger charge is -2.31. The lowest BCUT2D eigenvalue weighted by molar-refractivity contribution is 0.0795. The molecule has 0 bridgehead atoms. The Morgan fingerprint density at radius 3 is 3.04 bits per heavy atom. The number of aliphatic hydroxyl groups excluding tert-OH is 1. The van der Waals surface area contributed by atoms with Crippen LogP contribution in [0.4, 0.5) is 0 Å². The number of β-amino-alcohol motifs (C(OH)–C–C–N with tert-alkyl or cyclic N) is 1. The van der Waals surface area contributed by atoms with Gasteiger partial charge in [0.15, 0.2) is 0 Å². The van der Waals surface area contributed by atoms with E-state index in [0.29, 0.717) is 12.1 Å². The van der Waals surface area contributed by atoms with Gasteiger partial charge in [-0.15, -0.1) is 0 Å². The third-order valence-corrected chi connectivity index (χ3v) is 4.55. The summed E-state index contributed by atoms with van der Waals surface area (Å²) in [4.78, 5) is 14.5. The van der Waals surface area contributed by atoms with Gasteiger partial charge in [-0.2, -0.15) is 5.10 Å². The Morgan fingerprint density at radius 2 is 2.26 bits per heavy atom. The molecule has 6 nitrogen and oxygen atoms in total. The number of piperidine rings is 1. The summed E-state index contributed by atoms with van der Waals surface area (Å²) in [5, 5.41) is 20.6. The van der Waals surface area contributed by atoms with Gasteiger partial charge in [-0.05, 0) is 50.0 Å². The van der Waals surface area contributed by atoms with Crippen LogP contribution in [0.15, 0.2) is 24.4 Å². The minimum absolute atomic E-state index is 0.167. The van der Waals surface area contributed by atoms with E-state index in [1.165, 1.54) is 12.8 Å². The highest BCUT2D eigenvalue weighted by Gasteiger charge is 2.18. The van der Waals surface area contributed by atoms with Crippen molar-refractivity contribution < 1.29 is 9.90 Å². The van der Waals surface area contributed by atoms with Gasteiger partial charge in [-0.25, -0.2) is 0 Å². The number of nitrogens with one attached hydrogen (secondary N) is 2. The highest BCUT2D eigenvalue weighted by atomic mass is 16.3. The van der Waals surface area contributed by atoms with Crippen LogP contribution in [0.1, 0.15) is 30.1 Å². The number of amides is 1. The Kier molecular flexibility index (Phi) is 4.93. The average molecular weight is 316 g/mol. The topological polar surface area (TPSA) is 81.2 Å². The Balaban J connectivity index is 1.48. The maximum atomic E-state index is 12.2. The number of nitrogens with zero attached hydrogens (tertiary/aromatic N) is 2. The van der Waals surface area contributed by atoms with Gasteiger partial charge in [0.05, 0.1) is 17.8 Å². The molecule has 1 saturated heterocycles. The predicted molar refractivity (Wildman–Crippen MR) is 89.3 cm³/mol. The molecule has 1 amide bonds. The van der Waals surface area contributed by atoms with Crippen LogP contribution in [0, 0.1) is 5.92 Å². The van der Waals surface area contributed by atoms with Gasteiger partial charge < -0.3 is 15.3 Å². The van der Waals surface area contributed by atoms with Crippen LogP contribution in [-0.2, 0) is 0 Å². The predicted octanol–water partition coefficient (Wildman–Crippen LogP) is 1.39. The molecule has 0 saturated carbocycles. The zero-order valence-corrected chi connectivity index (χ0v) is 13.5.